The van der Waals surface area contributed by atoms with E-state index in [1.807, 2.05) is 43.3 Å². The van der Waals surface area contributed by atoms with Crippen LogP contribution < -0.4 is 9.62 Å². The summed E-state index contributed by atoms with van der Waals surface area (Å²) in [7, 11) is 0.0968. The monoisotopic (exact) mass is 400 g/mol. The van der Waals surface area contributed by atoms with Gasteiger partial charge in [0.25, 0.3) is 0 Å². The molecule has 0 radical (unpaired) electrons. The van der Waals surface area contributed by atoms with Gasteiger partial charge in [-0.1, -0.05) is 30.3 Å². The topological polar surface area (TPSA) is 49.4 Å². The smallest absolute Gasteiger partial charge is 0.378 e. The van der Waals surface area contributed by atoms with E-state index in [1.165, 1.54) is 12.1 Å². The van der Waals surface area contributed by atoms with E-state index >= 15 is 0 Å². The molecule has 0 aromatic heterocycles. The Morgan fingerprint density at radius 1 is 1.04 bits per heavy atom. The molecule has 0 amide bonds. The molecule has 1 N–H and O–H groups in total. The Morgan fingerprint density at radius 3 is 2.22 bits per heavy atom. The second-order valence-electron chi connectivity index (χ2n) is 6.74. The van der Waals surface area contributed by atoms with Crippen molar-refractivity contribution >= 4 is 15.7 Å². The third-order valence-corrected chi connectivity index (χ3v) is 5.46. The minimum absolute atomic E-state index is 0.0971. The number of hydrogen-bond donors (Lipinski definition) is 1. The molecule has 0 aliphatic carbocycles. The molecule has 1 atom stereocenters. The van der Waals surface area contributed by atoms with Crippen LogP contribution in [-0.4, -0.2) is 28.6 Å². The number of nitrogens with one attached hydrogen (secondary N) is 1. The SMILES string of the molecule is CC(Cc1ccc(N(C)C)cc1)NS(=O)(=O)Cc1cccc(C(F)(F)F)c1. The van der Waals surface area contributed by atoms with Crippen LogP contribution in [0.1, 0.15) is 23.6 Å². The maximum Gasteiger partial charge on any atom is 0.416 e. The highest BCUT2D eigenvalue weighted by Gasteiger charge is 2.30. The fourth-order valence-corrected chi connectivity index (χ4v) is 4.13. The number of rotatable bonds is 7. The third kappa shape index (κ3) is 6.55. The number of alkyl halides is 3. The van der Waals surface area contributed by atoms with Gasteiger partial charge in [-0.2, -0.15) is 13.2 Å². The molecule has 4 nitrogen and oxygen atoms in total. The molecule has 148 valence electrons. The highest BCUT2D eigenvalue weighted by molar-refractivity contribution is 7.88. The van der Waals surface area contributed by atoms with Crippen LogP contribution in [-0.2, 0) is 28.4 Å². The zero-order valence-electron chi connectivity index (χ0n) is 15.4. The summed E-state index contributed by atoms with van der Waals surface area (Å²) in [6.07, 6.45) is -4.02. The zero-order chi connectivity index (χ0) is 20.2. The molecule has 2 aromatic rings. The predicted molar refractivity (Wildman–Crippen MR) is 101 cm³/mol. The first-order valence-corrected chi connectivity index (χ1v) is 10.0. The Kier molecular flexibility index (Phi) is 6.54. The summed E-state index contributed by atoms with van der Waals surface area (Å²) in [5.74, 6) is -0.499. The molecular weight excluding hydrogens is 377 g/mol. The Labute approximate surface area is 158 Å². The highest BCUT2D eigenvalue weighted by atomic mass is 32.2. The van der Waals surface area contributed by atoms with Crippen LogP contribution in [0.5, 0.6) is 0 Å². The van der Waals surface area contributed by atoms with Gasteiger partial charge < -0.3 is 4.90 Å². The fourth-order valence-electron chi connectivity index (χ4n) is 2.73. The summed E-state index contributed by atoms with van der Waals surface area (Å²) in [5.41, 5.74) is 1.25. The van der Waals surface area contributed by atoms with Crippen molar-refractivity contribution < 1.29 is 21.6 Å². The highest BCUT2D eigenvalue weighted by Crippen LogP contribution is 2.29. The largest absolute Gasteiger partial charge is 0.416 e. The molecule has 27 heavy (non-hydrogen) atoms. The van der Waals surface area contributed by atoms with E-state index in [0.717, 1.165) is 23.4 Å². The molecular formula is C19H23F3N2O2S. The van der Waals surface area contributed by atoms with Crippen molar-refractivity contribution in [3.8, 4) is 0 Å². The van der Waals surface area contributed by atoms with Gasteiger partial charge in [-0.05, 0) is 42.7 Å². The number of anilines is 1. The van der Waals surface area contributed by atoms with Crippen LogP contribution in [0.3, 0.4) is 0 Å². The number of halogens is 3. The van der Waals surface area contributed by atoms with Crippen molar-refractivity contribution in [2.24, 2.45) is 0 Å². The van der Waals surface area contributed by atoms with Crippen molar-refractivity contribution in [2.75, 3.05) is 19.0 Å². The van der Waals surface area contributed by atoms with Crippen molar-refractivity contribution in [2.45, 2.75) is 31.3 Å². The number of nitrogens with zero attached hydrogens (tertiary/aromatic N) is 1. The Hall–Kier alpha value is -2.06. The molecule has 2 rings (SSSR count). The van der Waals surface area contributed by atoms with E-state index in [2.05, 4.69) is 4.72 Å². The second kappa shape index (κ2) is 8.31. The van der Waals surface area contributed by atoms with Gasteiger partial charge in [0.15, 0.2) is 0 Å². The van der Waals surface area contributed by atoms with Crippen molar-refractivity contribution in [1.29, 1.82) is 0 Å². The summed E-state index contributed by atoms with van der Waals surface area (Å²) in [6, 6.07) is 11.7. The van der Waals surface area contributed by atoms with Crippen LogP contribution in [0.2, 0.25) is 0 Å². The van der Waals surface area contributed by atoms with Gasteiger partial charge in [-0.3, -0.25) is 0 Å². The molecule has 0 spiro atoms. The van der Waals surface area contributed by atoms with Gasteiger partial charge >= 0.3 is 6.18 Å². The molecule has 0 aliphatic rings. The standard InChI is InChI=1S/C19H23F3N2O2S/c1-14(11-15-7-9-18(10-8-15)24(2)3)23-27(25,26)13-16-5-4-6-17(12-16)19(20,21)22/h4-10,12,14,23H,11,13H2,1-3H3. The average Bonchev–Trinajstić information content (AvgIpc) is 2.53. The Morgan fingerprint density at radius 2 is 1.67 bits per heavy atom. The summed E-state index contributed by atoms with van der Waals surface area (Å²) in [5, 5.41) is 0. The van der Waals surface area contributed by atoms with E-state index < -0.39 is 27.5 Å². The molecule has 8 heteroatoms. The molecule has 0 heterocycles. The van der Waals surface area contributed by atoms with Gasteiger partial charge in [-0.15, -0.1) is 0 Å². The maximum atomic E-state index is 12.8. The molecule has 0 aliphatic heterocycles. The third-order valence-electron chi connectivity index (χ3n) is 3.99. The lowest BCUT2D eigenvalue weighted by molar-refractivity contribution is -0.137. The van der Waals surface area contributed by atoms with Gasteiger partial charge in [0, 0.05) is 25.8 Å². The van der Waals surface area contributed by atoms with Gasteiger partial charge in [0.2, 0.25) is 10.0 Å². The first-order valence-electron chi connectivity index (χ1n) is 8.39. The number of benzene rings is 2. The van der Waals surface area contributed by atoms with E-state index in [-0.39, 0.29) is 11.6 Å². The van der Waals surface area contributed by atoms with E-state index in [4.69, 9.17) is 0 Å². The average molecular weight is 400 g/mol. The maximum absolute atomic E-state index is 12.8. The summed E-state index contributed by atoms with van der Waals surface area (Å²) < 4.78 is 65.4. The normalized spacial score (nSPS) is 13.4. The second-order valence-corrected chi connectivity index (χ2v) is 8.49. The van der Waals surface area contributed by atoms with E-state index in [0.29, 0.717) is 6.42 Å². The summed E-state index contributed by atoms with van der Waals surface area (Å²) >= 11 is 0. The lowest BCUT2D eigenvalue weighted by Gasteiger charge is -2.16. The van der Waals surface area contributed by atoms with E-state index in [9.17, 15) is 21.6 Å². The Balaban J connectivity index is 2.01. The molecule has 0 bridgehead atoms. The van der Waals surface area contributed by atoms with Gasteiger partial charge in [0.1, 0.15) is 0 Å². The quantitative estimate of drug-likeness (QED) is 0.769. The molecule has 0 fully saturated rings. The van der Waals surface area contributed by atoms with Crippen molar-refractivity contribution in [3.05, 3.63) is 65.2 Å². The molecule has 1 unspecified atom stereocenters. The fraction of sp³-hybridized carbons (Fsp3) is 0.368. The van der Waals surface area contributed by atoms with Crippen LogP contribution >= 0.6 is 0 Å². The van der Waals surface area contributed by atoms with Crippen LogP contribution in [0.15, 0.2) is 48.5 Å². The van der Waals surface area contributed by atoms with E-state index in [1.54, 1.807) is 6.92 Å². The predicted octanol–water partition coefficient (Wildman–Crippen LogP) is 3.82. The lowest BCUT2D eigenvalue weighted by Crippen LogP contribution is -2.35. The molecule has 2 aromatic carbocycles. The Bertz CT molecular complexity index is 863. The van der Waals surface area contributed by atoms with Gasteiger partial charge in [0.05, 0.1) is 11.3 Å². The molecule has 0 saturated carbocycles. The minimum Gasteiger partial charge on any atom is -0.378 e. The van der Waals surface area contributed by atoms with Crippen molar-refractivity contribution in [3.63, 3.8) is 0 Å². The van der Waals surface area contributed by atoms with Crippen LogP contribution in [0.25, 0.3) is 0 Å². The first kappa shape index (κ1) is 21.2. The van der Waals surface area contributed by atoms with Crippen molar-refractivity contribution in [1.82, 2.24) is 4.72 Å². The van der Waals surface area contributed by atoms with Crippen LogP contribution in [0, 0.1) is 0 Å². The van der Waals surface area contributed by atoms with Crippen LogP contribution in [0.4, 0.5) is 18.9 Å². The first-order chi connectivity index (χ1) is 12.5. The molecule has 0 saturated heterocycles. The minimum atomic E-state index is -4.50. The van der Waals surface area contributed by atoms with Gasteiger partial charge in [-0.25, -0.2) is 13.1 Å². The summed E-state index contributed by atoms with van der Waals surface area (Å²) in [6.45, 7) is 1.73. The summed E-state index contributed by atoms with van der Waals surface area (Å²) in [4.78, 5) is 1.96. The lowest BCUT2D eigenvalue weighted by atomic mass is 10.1. The number of hydrogen-bond acceptors (Lipinski definition) is 3. The number of sulfonamides is 1. The zero-order valence-corrected chi connectivity index (χ0v) is 16.2.